The molecule has 238 valence electrons. The van der Waals surface area contributed by atoms with E-state index in [1.807, 2.05) is 57.9 Å². The highest BCUT2D eigenvalue weighted by Gasteiger charge is 2.46. The number of anilines is 1. The van der Waals surface area contributed by atoms with Gasteiger partial charge in [0.05, 0.1) is 11.2 Å². The molecule has 0 bridgehead atoms. The lowest BCUT2D eigenvalue weighted by Crippen LogP contribution is -2.58. The van der Waals surface area contributed by atoms with Gasteiger partial charge in [-0.15, -0.1) is 0 Å². The van der Waals surface area contributed by atoms with E-state index in [4.69, 9.17) is 11.5 Å². The SMILES string of the molecule is CC(C)(C)C(N)=O.CC(C)(N)C(=O)NC(Cc1c[nH]c2ccccc12)C(=O)N1CCC2(CC1)CN(S(=O)P)c1ccccc12. The van der Waals surface area contributed by atoms with Crippen LogP contribution in [0.2, 0.25) is 0 Å². The number of nitrogens with zero attached hydrogens (tertiary/aromatic N) is 2. The second kappa shape index (κ2) is 13.0. The van der Waals surface area contributed by atoms with Gasteiger partial charge in [0, 0.05) is 54.0 Å². The lowest BCUT2D eigenvalue weighted by Gasteiger charge is -2.41. The van der Waals surface area contributed by atoms with Crippen LogP contribution in [0.15, 0.2) is 54.7 Å². The van der Waals surface area contributed by atoms with Crippen LogP contribution in [-0.2, 0) is 36.8 Å². The maximum atomic E-state index is 13.8. The third kappa shape index (κ3) is 7.33. The van der Waals surface area contributed by atoms with E-state index in [-0.39, 0.29) is 28.6 Å². The highest BCUT2D eigenvalue weighted by Crippen LogP contribution is 2.48. The summed E-state index contributed by atoms with van der Waals surface area (Å²) in [7, 11) is 1.20. The third-order valence-corrected chi connectivity index (χ3v) is 9.99. The van der Waals surface area contributed by atoms with Gasteiger partial charge in [-0.05, 0) is 58.4 Å². The number of H-pyrrole nitrogens is 1. The molecule has 3 aromatic rings. The predicted octanol–water partition coefficient (Wildman–Crippen LogP) is 3.28. The standard InChI is InChI=1S/C27H34N5O3PS.C5H11NO/c1-26(2,28)25(34)30-22(15-18-16-29-21-9-5-3-7-19(18)21)24(33)31-13-11-27(12-14-31)17-32(37(35)36)23-10-6-4-8-20(23)27;1-5(2,3)4(6)7/h3-10,16,22,29H,11-15,17,28,36H2,1-2H3,(H,30,34);1-3H3,(H2,6,7). The number of carbonyl (C=O) groups is 3. The molecule has 1 saturated heterocycles. The van der Waals surface area contributed by atoms with Crippen molar-refractivity contribution < 1.29 is 18.6 Å². The largest absolute Gasteiger partial charge is 0.369 e. The van der Waals surface area contributed by atoms with Crippen LogP contribution in [0.5, 0.6) is 0 Å². The van der Waals surface area contributed by atoms with Gasteiger partial charge in [-0.1, -0.05) is 57.2 Å². The number of nitrogens with one attached hydrogen (secondary N) is 2. The van der Waals surface area contributed by atoms with Crippen LogP contribution >= 0.6 is 8.44 Å². The number of rotatable bonds is 6. The Hall–Kier alpha value is -3.27. The molecule has 3 unspecified atom stereocenters. The van der Waals surface area contributed by atoms with Crippen molar-refractivity contribution in [1.82, 2.24) is 15.2 Å². The summed E-state index contributed by atoms with van der Waals surface area (Å²) < 4.78 is 14.3. The average Bonchev–Trinajstić information content (AvgIpc) is 3.51. The molecule has 1 fully saturated rings. The summed E-state index contributed by atoms with van der Waals surface area (Å²) in [5.41, 5.74) is 13.5. The van der Waals surface area contributed by atoms with E-state index in [1.54, 1.807) is 34.6 Å². The summed E-state index contributed by atoms with van der Waals surface area (Å²) in [6, 6.07) is 15.3. The number of fused-ring (bicyclic) bond motifs is 3. The zero-order valence-electron chi connectivity index (χ0n) is 26.2. The van der Waals surface area contributed by atoms with E-state index in [0.29, 0.717) is 26.1 Å². The Morgan fingerprint density at radius 3 is 2.23 bits per heavy atom. The van der Waals surface area contributed by atoms with E-state index in [0.717, 1.165) is 35.0 Å². The molecule has 0 saturated carbocycles. The number of nitrogens with two attached hydrogens (primary N) is 2. The normalized spacial score (nSPS) is 17.4. The van der Waals surface area contributed by atoms with Gasteiger partial charge in [-0.3, -0.25) is 18.7 Å². The predicted molar refractivity (Wildman–Crippen MR) is 180 cm³/mol. The molecule has 2 aromatic carbocycles. The second-order valence-electron chi connectivity index (χ2n) is 13.4. The summed E-state index contributed by atoms with van der Waals surface area (Å²) in [6.45, 7) is 10.4. The molecule has 0 radical (unpaired) electrons. The van der Waals surface area contributed by atoms with Crippen LogP contribution in [0, 0.1) is 5.41 Å². The quantitative estimate of drug-likeness (QED) is 0.305. The molecule has 12 heteroatoms. The molecule has 44 heavy (non-hydrogen) atoms. The molecule has 2 aliphatic rings. The first-order valence-corrected chi connectivity index (χ1v) is 17.4. The van der Waals surface area contributed by atoms with Gasteiger partial charge in [-0.25, -0.2) is 4.21 Å². The van der Waals surface area contributed by atoms with E-state index in [2.05, 4.69) is 24.8 Å². The van der Waals surface area contributed by atoms with Crippen LogP contribution in [0.4, 0.5) is 5.69 Å². The topological polar surface area (TPSA) is 155 Å². The van der Waals surface area contributed by atoms with Crippen LogP contribution in [0.25, 0.3) is 10.9 Å². The van der Waals surface area contributed by atoms with E-state index < -0.39 is 22.2 Å². The molecule has 1 aromatic heterocycles. The molecule has 5 rings (SSSR count). The summed E-state index contributed by atoms with van der Waals surface area (Å²) in [6.07, 6.45) is 3.81. The van der Waals surface area contributed by atoms with E-state index in [1.165, 1.54) is 5.56 Å². The summed E-state index contributed by atoms with van der Waals surface area (Å²) >= 11 is 0. The first-order chi connectivity index (χ1) is 20.5. The molecule has 1 spiro atoms. The Balaban J connectivity index is 0.000000566. The molecular formula is C32H45N6O4PS. The fraction of sp³-hybridized carbons (Fsp3) is 0.469. The van der Waals surface area contributed by atoms with Crippen molar-refractivity contribution in [1.29, 1.82) is 0 Å². The highest BCUT2D eigenvalue weighted by molar-refractivity contribution is 8.34. The van der Waals surface area contributed by atoms with Gasteiger partial charge >= 0.3 is 0 Å². The fourth-order valence-electron chi connectivity index (χ4n) is 5.61. The van der Waals surface area contributed by atoms with Crippen LogP contribution in [0.3, 0.4) is 0 Å². The van der Waals surface area contributed by atoms with Crippen molar-refractivity contribution in [2.45, 2.75) is 70.9 Å². The molecule has 3 amide bonds. The number of likely N-dealkylation sites (tertiary alicyclic amines) is 1. The van der Waals surface area contributed by atoms with Crippen molar-refractivity contribution in [3.63, 3.8) is 0 Å². The lowest BCUT2D eigenvalue weighted by molar-refractivity contribution is -0.138. The number of hydrogen-bond acceptors (Lipinski definition) is 5. The van der Waals surface area contributed by atoms with Crippen molar-refractivity contribution in [3.05, 3.63) is 65.9 Å². The van der Waals surface area contributed by atoms with Crippen molar-refractivity contribution >= 4 is 53.4 Å². The van der Waals surface area contributed by atoms with Crippen molar-refractivity contribution in [2.75, 3.05) is 23.9 Å². The number of amides is 3. The summed E-state index contributed by atoms with van der Waals surface area (Å²) in [5.74, 6) is -0.717. The monoisotopic (exact) mass is 640 g/mol. The maximum Gasteiger partial charge on any atom is 0.245 e. The number of para-hydroxylation sites is 2. The molecule has 3 atom stereocenters. The molecular weight excluding hydrogens is 595 g/mol. The average molecular weight is 641 g/mol. The first kappa shape index (κ1) is 33.6. The minimum atomic E-state index is -1.19. The molecule has 10 nitrogen and oxygen atoms in total. The minimum absolute atomic E-state index is 0.101. The fourth-order valence-corrected chi connectivity index (χ4v) is 6.90. The van der Waals surface area contributed by atoms with Crippen LogP contribution in [-0.4, -0.2) is 63.0 Å². The molecule has 0 aliphatic carbocycles. The van der Waals surface area contributed by atoms with Gasteiger partial charge in [0.1, 0.15) is 16.6 Å². The van der Waals surface area contributed by atoms with Gasteiger partial charge in [0.15, 0.2) is 0 Å². The summed E-state index contributed by atoms with van der Waals surface area (Å²) in [5, 5.41) is 3.97. The van der Waals surface area contributed by atoms with Gasteiger partial charge in [0.2, 0.25) is 17.7 Å². The number of primary amides is 1. The van der Waals surface area contributed by atoms with E-state index in [9.17, 15) is 18.6 Å². The zero-order valence-corrected chi connectivity index (χ0v) is 28.2. The first-order valence-electron chi connectivity index (χ1n) is 14.8. The number of carbonyl (C=O) groups excluding carboxylic acids is 3. The van der Waals surface area contributed by atoms with Crippen molar-refractivity contribution in [2.24, 2.45) is 16.9 Å². The highest BCUT2D eigenvalue weighted by atomic mass is 32.7. The number of aromatic nitrogens is 1. The Morgan fingerprint density at radius 2 is 1.64 bits per heavy atom. The summed E-state index contributed by atoms with van der Waals surface area (Å²) in [4.78, 5) is 42.0. The third-order valence-electron chi connectivity index (χ3n) is 8.47. The molecule has 2 aliphatic heterocycles. The second-order valence-corrected chi connectivity index (χ2v) is 15.6. The Bertz CT molecular complexity index is 1550. The maximum absolute atomic E-state index is 13.8. The Kier molecular flexibility index (Phi) is 9.93. The smallest absolute Gasteiger partial charge is 0.245 e. The van der Waals surface area contributed by atoms with E-state index >= 15 is 0 Å². The van der Waals surface area contributed by atoms with Gasteiger partial charge in [0.25, 0.3) is 0 Å². The Morgan fingerprint density at radius 1 is 1.05 bits per heavy atom. The zero-order chi connectivity index (χ0) is 32.4. The van der Waals surface area contributed by atoms with Crippen LogP contribution in [0.1, 0.15) is 58.6 Å². The van der Waals surface area contributed by atoms with Crippen LogP contribution < -0.4 is 21.1 Å². The molecule has 3 heterocycles. The minimum Gasteiger partial charge on any atom is -0.369 e. The Labute approximate surface area is 264 Å². The van der Waals surface area contributed by atoms with Gasteiger partial charge in [-0.2, -0.15) is 0 Å². The number of piperidine rings is 1. The number of hydrogen-bond donors (Lipinski definition) is 4. The molecule has 6 N–H and O–H groups in total. The van der Waals surface area contributed by atoms with Gasteiger partial charge < -0.3 is 26.7 Å². The number of aromatic amines is 1. The van der Waals surface area contributed by atoms with Crippen molar-refractivity contribution in [3.8, 4) is 0 Å². The number of benzene rings is 2. The lowest BCUT2D eigenvalue weighted by atomic mass is 9.74.